The zero-order valence-electron chi connectivity index (χ0n) is 24.7. The average Bonchev–Trinajstić information content (AvgIpc) is 2.95. The van der Waals surface area contributed by atoms with Crippen LogP contribution in [0.4, 0.5) is 23.7 Å². The molecule has 0 aromatic heterocycles. The largest absolute Gasteiger partial charge is 0.465 e. The normalized spacial score (nSPS) is 16.2. The molecular formula is C33H36F3N3O4. The molecule has 0 aliphatic carbocycles. The SMILES string of the molecule is CN(C(=O)c1ccc(C(=O)c2ccc(C(F)(F)F)cc2)cc1)c1ccc(CN2CCN(C(=O)O)[C@@H](CC(C)(C)C)C2)cc1. The molecule has 0 unspecified atom stereocenters. The van der Waals surface area contributed by atoms with Gasteiger partial charge in [0.15, 0.2) is 5.78 Å². The first-order valence-corrected chi connectivity index (χ1v) is 14.0. The lowest BCUT2D eigenvalue weighted by atomic mass is 9.86. The van der Waals surface area contributed by atoms with Gasteiger partial charge in [0.25, 0.3) is 5.91 Å². The van der Waals surface area contributed by atoms with Gasteiger partial charge in [-0.3, -0.25) is 14.5 Å². The summed E-state index contributed by atoms with van der Waals surface area (Å²) in [7, 11) is 1.65. The maximum atomic E-state index is 13.1. The Labute approximate surface area is 249 Å². The van der Waals surface area contributed by atoms with Crippen LogP contribution in [-0.2, 0) is 12.7 Å². The van der Waals surface area contributed by atoms with Crippen molar-refractivity contribution in [2.24, 2.45) is 5.41 Å². The first-order valence-electron chi connectivity index (χ1n) is 14.0. The number of ketones is 1. The molecule has 0 saturated carbocycles. The highest BCUT2D eigenvalue weighted by atomic mass is 19.4. The Hall–Kier alpha value is -4.18. The van der Waals surface area contributed by atoms with E-state index in [2.05, 4.69) is 25.7 Å². The Balaban J connectivity index is 1.37. The number of rotatable bonds is 7. The molecule has 4 rings (SSSR count). The van der Waals surface area contributed by atoms with Crippen LogP contribution in [0.5, 0.6) is 0 Å². The van der Waals surface area contributed by atoms with Crippen molar-refractivity contribution in [1.29, 1.82) is 0 Å². The van der Waals surface area contributed by atoms with Crippen LogP contribution in [0.25, 0.3) is 0 Å². The molecule has 0 spiro atoms. The molecule has 1 atom stereocenters. The smallest absolute Gasteiger partial charge is 0.416 e. The van der Waals surface area contributed by atoms with E-state index in [4.69, 9.17) is 0 Å². The predicted molar refractivity (Wildman–Crippen MR) is 158 cm³/mol. The monoisotopic (exact) mass is 595 g/mol. The molecular weight excluding hydrogens is 559 g/mol. The van der Waals surface area contributed by atoms with Crippen molar-refractivity contribution in [1.82, 2.24) is 9.80 Å². The first kappa shape index (κ1) is 31.7. The summed E-state index contributed by atoms with van der Waals surface area (Å²) in [6.45, 7) is 8.76. The molecule has 10 heteroatoms. The summed E-state index contributed by atoms with van der Waals surface area (Å²) in [6, 6.07) is 17.6. The summed E-state index contributed by atoms with van der Waals surface area (Å²) >= 11 is 0. The Kier molecular flexibility index (Phi) is 9.29. The van der Waals surface area contributed by atoms with Crippen molar-refractivity contribution in [3.8, 4) is 0 Å². The maximum Gasteiger partial charge on any atom is 0.416 e. The molecule has 1 saturated heterocycles. The minimum absolute atomic E-state index is 0.00205. The molecule has 3 aromatic carbocycles. The third kappa shape index (κ3) is 8.01. The van der Waals surface area contributed by atoms with Crippen LogP contribution in [0, 0.1) is 5.41 Å². The Morgan fingerprint density at radius 2 is 1.37 bits per heavy atom. The van der Waals surface area contributed by atoms with Gasteiger partial charge in [-0.05, 0) is 53.8 Å². The van der Waals surface area contributed by atoms with Crippen LogP contribution in [-0.4, -0.2) is 65.4 Å². The van der Waals surface area contributed by atoms with Gasteiger partial charge in [-0.1, -0.05) is 57.2 Å². The van der Waals surface area contributed by atoms with Gasteiger partial charge < -0.3 is 14.9 Å². The molecule has 1 fully saturated rings. The van der Waals surface area contributed by atoms with Crippen LogP contribution in [0.1, 0.15) is 64.6 Å². The Morgan fingerprint density at radius 1 is 0.837 bits per heavy atom. The molecule has 1 N–H and O–H groups in total. The van der Waals surface area contributed by atoms with Crippen LogP contribution in [0.2, 0.25) is 0 Å². The molecule has 1 heterocycles. The van der Waals surface area contributed by atoms with Gasteiger partial charge in [-0.25, -0.2) is 4.79 Å². The lowest BCUT2D eigenvalue weighted by Crippen LogP contribution is -2.55. The lowest BCUT2D eigenvalue weighted by molar-refractivity contribution is -0.137. The number of carbonyl (C=O) groups is 3. The number of alkyl halides is 3. The number of carbonyl (C=O) groups excluding carboxylic acids is 2. The van der Waals surface area contributed by atoms with Crippen LogP contribution < -0.4 is 4.90 Å². The van der Waals surface area contributed by atoms with Gasteiger partial charge in [0.1, 0.15) is 0 Å². The summed E-state index contributed by atoms with van der Waals surface area (Å²) < 4.78 is 38.5. The average molecular weight is 596 g/mol. The molecule has 0 radical (unpaired) electrons. The van der Waals surface area contributed by atoms with E-state index in [1.807, 2.05) is 24.3 Å². The van der Waals surface area contributed by atoms with Crippen LogP contribution >= 0.6 is 0 Å². The van der Waals surface area contributed by atoms with Gasteiger partial charge >= 0.3 is 12.3 Å². The minimum atomic E-state index is -4.48. The highest BCUT2D eigenvalue weighted by Gasteiger charge is 2.33. The van der Waals surface area contributed by atoms with Crippen molar-refractivity contribution in [3.05, 3.63) is 101 Å². The van der Waals surface area contributed by atoms with E-state index >= 15 is 0 Å². The number of piperazine rings is 1. The number of halogens is 3. The second-order valence-corrected chi connectivity index (χ2v) is 12.1. The fourth-order valence-electron chi connectivity index (χ4n) is 5.33. The summed E-state index contributed by atoms with van der Waals surface area (Å²) in [5.41, 5.74) is 1.65. The fraction of sp³-hybridized carbons (Fsp3) is 0.364. The molecule has 1 aliphatic heterocycles. The number of hydrogen-bond acceptors (Lipinski definition) is 4. The summed E-state index contributed by atoms with van der Waals surface area (Å²) in [5.74, 6) is -0.720. The fourth-order valence-corrected chi connectivity index (χ4v) is 5.33. The Morgan fingerprint density at radius 3 is 1.88 bits per heavy atom. The third-order valence-electron chi connectivity index (χ3n) is 7.56. The molecule has 0 bridgehead atoms. The standard InChI is InChI=1S/C33H36F3N3O4/c1-32(2,3)19-28-21-38(17-18-39(28)31(42)43)20-22-5-15-27(16-6-22)37(4)30(41)25-9-7-23(8-10-25)29(40)24-11-13-26(14-12-24)33(34,35)36/h5-16,28H,17-21H2,1-4H3,(H,42,43)/t28-/m0/s1. The van der Waals surface area contributed by atoms with Crippen molar-refractivity contribution in [3.63, 3.8) is 0 Å². The number of benzene rings is 3. The summed E-state index contributed by atoms with van der Waals surface area (Å²) in [4.78, 5) is 42.9. The molecule has 1 aliphatic rings. The molecule has 2 amide bonds. The lowest BCUT2D eigenvalue weighted by Gasteiger charge is -2.42. The van der Waals surface area contributed by atoms with E-state index in [0.29, 0.717) is 37.4 Å². The van der Waals surface area contributed by atoms with Gasteiger partial charge in [-0.2, -0.15) is 13.2 Å². The van der Waals surface area contributed by atoms with E-state index in [-0.39, 0.29) is 28.5 Å². The summed E-state index contributed by atoms with van der Waals surface area (Å²) in [6.07, 6.45) is -4.59. The van der Waals surface area contributed by atoms with Gasteiger partial charge in [0, 0.05) is 61.6 Å². The van der Waals surface area contributed by atoms with Crippen LogP contribution in [0.3, 0.4) is 0 Å². The van der Waals surface area contributed by atoms with Gasteiger partial charge in [0.05, 0.1) is 5.56 Å². The van der Waals surface area contributed by atoms with Gasteiger partial charge in [-0.15, -0.1) is 0 Å². The predicted octanol–water partition coefficient (Wildman–Crippen LogP) is 6.81. The second-order valence-electron chi connectivity index (χ2n) is 12.1. The van der Waals surface area contributed by atoms with Gasteiger partial charge in [0.2, 0.25) is 0 Å². The molecule has 3 aromatic rings. The third-order valence-corrected chi connectivity index (χ3v) is 7.56. The minimum Gasteiger partial charge on any atom is -0.465 e. The number of amides is 2. The van der Waals surface area contributed by atoms with E-state index < -0.39 is 23.6 Å². The highest BCUT2D eigenvalue weighted by molar-refractivity contribution is 6.10. The number of hydrogen-bond donors (Lipinski definition) is 1. The van der Waals surface area contributed by atoms with E-state index in [0.717, 1.165) is 36.2 Å². The number of nitrogens with zero attached hydrogens (tertiary/aromatic N) is 3. The summed E-state index contributed by atoms with van der Waals surface area (Å²) in [5, 5.41) is 9.64. The Bertz CT molecular complexity index is 1450. The van der Waals surface area contributed by atoms with Crippen molar-refractivity contribution in [2.75, 3.05) is 31.6 Å². The van der Waals surface area contributed by atoms with E-state index in [1.54, 1.807) is 11.9 Å². The van der Waals surface area contributed by atoms with E-state index in [1.165, 1.54) is 29.2 Å². The zero-order chi connectivity index (χ0) is 31.5. The second kappa shape index (κ2) is 12.6. The maximum absolute atomic E-state index is 13.1. The molecule has 43 heavy (non-hydrogen) atoms. The van der Waals surface area contributed by atoms with Crippen molar-refractivity contribution < 1.29 is 32.7 Å². The van der Waals surface area contributed by atoms with Crippen LogP contribution in [0.15, 0.2) is 72.8 Å². The van der Waals surface area contributed by atoms with E-state index in [9.17, 15) is 32.7 Å². The molecule has 7 nitrogen and oxygen atoms in total. The topological polar surface area (TPSA) is 81.2 Å². The molecule has 228 valence electrons. The van der Waals surface area contributed by atoms with Crippen molar-refractivity contribution >= 4 is 23.5 Å². The zero-order valence-corrected chi connectivity index (χ0v) is 24.7. The first-order chi connectivity index (χ1) is 20.1. The van der Waals surface area contributed by atoms with Crippen molar-refractivity contribution in [2.45, 2.75) is 46.0 Å². The highest BCUT2D eigenvalue weighted by Crippen LogP contribution is 2.30. The number of carboxylic acid groups (broad SMARTS) is 1. The number of anilines is 1. The quantitative estimate of drug-likeness (QED) is 0.304.